The zero-order valence-electron chi connectivity index (χ0n) is 17.7. The van der Waals surface area contributed by atoms with Crippen LogP contribution in [0.5, 0.6) is 11.5 Å². The lowest BCUT2D eigenvalue weighted by Crippen LogP contribution is -2.32. The zero-order valence-corrected chi connectivity index (χ0v) is 17.7. The molecular weight excluding hydrogens is 396 g/mol. The topological polar surface area (TPSA) is 90.3 Å². The minimum absolute atomic E-state index is 0.0334. The van der Waals surface area contributed by atoms with E-state index in [2.05, 4.69) is 0 Å². The van der Waals surface area contributed by atoms with Crippen LogP contribution in [0.1, 0.15) is 29.2 Å². The third-order valence-corrected chi connectivity index (χ3v) is 5.69. The van der Waals surface area contributed by atoms with Crippen molar-refractivity contribution in [3.8, 4) is 11.5 Å². The minimum Gasteiger partial charge on any atom is -0.508 e. The monoisotopic (exact) mass is 422 g/mol. The van der Waals surface area contributed by atoms with Gasteiger partial charge in [0.1, 0.15) is 17.3 Å². The van der Waals surface area contributed by atoms with Gasteiger partial charge in [-0.05, 0) is 68.5 Å². The first kappa shape index (κ1) is 20.9. The highest BCUT2D eigenvalue weighted by Gasteiger charge is 2.45. The molecule has 2 heterocycles. The predicted octanol–water partition coefficient (Wildman–Crippen LogP) is 2.70. The molecule has 7 heteroatoms. The van der Waals surface area contributed by atoms with Crippen molar-refractivity contribution in [2.24, 2.45) is 0 Å². The molecule has 0 aromatic heterocycles. The van der Waals surface area contributed by atoms with Crippen molar-refractivity contribution in [3.05, 3.63) is 64.7 Å². The molecule has 2 N–H and O–H groups in total. The number of benzene rings is 2. The van der Waals surface area contributed by atoms with E-state index >= 15 is 0 Å². The highest BCUT2D eigenvalue weighted by molar-refractivity contribution is 6.46. The van der Waals surface area contributed by atoms with Crippen LogP contribution in [0, 0.1) is 0 Å². The average Bonchev–Trinajstić information content (AvgIpc) is 3.30. The van der Waals surface area contributed by atoms with Gasteiger partial charge in [-0.2, -0.15) is 0 Å². The molecule has 31 heavy (non-hydrogen) atoms. The molecule has 2 aliphatic heterocycles. The number of carbonyl (C=O) groups excluding carboxylic acids is 2. The molecule has 7 nitrogen and oxygen atoms in total. The second-order valence-electron chi connectivity index (χ2n) is 8.17. The van der Waals surface area contributed by atoms with E-state index in [0.29, 0.717) is 30.7 Å². The van der Waals surface area contributed by atoms with Crippen LogP contribution < -0.4 is 4.74 Å². The number of nitrogens with zero attached hydrogens (tertiary/aromatic N) is 2. The number of hydrogen-bond acceptors (Lipinski definition) is 6. The van der Waals surface area contributed by atoms with E-state index < -0.39 is 17.7 Å². The fourth-order valence-corrected chi connectivity index (χ4v) is 4.20. The molecule has 4 rings (SSSR count). The highest BCUT2D eigenvalue weighted by atomic mass is 16.5. The molecule has 1 saturated heterocycles. The summed E-state index contributed by atoms with van der Waals surface area (Å²) >= 11 is 0. The summed E-state index contributed by atoms with van der Waals surface area (Å²) in [6.45, 7) is 1.69. The van der Waals surface area contributed by atoms with Crippen LogP contribution in [-0.2, 0) is 16.0 Å². The Hall–Kier alpha value is -3.32. The largest absolute Gasteiger partial charge is 0.508 e. The quantitative estimate of drug-likeness (QED) is 0.423. The number of Topliss-reactive ketones (excluding diaryl/α,β-unsaturated/α-hetero) is 1. The Morgan fingerprint density at radius 3 is 2.74 bits per heavy atom. The van der Waals surface area contributed by atoms with E-state index in [9.17, 15) is 19.8 Å². The molecule has 2 aromatic rings. The SMILES string of the molecule is CN(C)CCCN1C(=O)C(=O)/C(=C(\O)c2ccc3c(c2)CCO3)C1c1cccc(O)c1. The van der Waals surface area contributed by atoms with Gasteiger partial charge < -0.3 is 24.7 Å². The van der Waals surface area contributed by atoms with Crippen LogP contribution in [-0.4, -0.2) is 65.5 Å². The van der Waals surface area contributed by atoms with Gasteiger partial charge in [-0.3, -0.25) is 9.59 Å². The van der Waals surface area contributed by atoms with Crippen molar-refractivity contribution in [1.29, 1.82) is 0 Å². The van der Waals surface area contributed by atoms with E-state index in [1.165, 1.54) is 17.0 Å². The molecule has 0 radical (unpaired) electrons. The normalized spacial score (nSPS) is 19.7. The Balaban J connectivity index is 1.79. The van der Waals surface area contributed by atoms with Gasteiger partial charge in [0.15, 0.2) is 0 Å². The molecule has 0 aliphatic carbocycles. The number of carbonyl (C=O) groups is 2. The molecule has 1 atom stereocenters. The van der Waals surface area contributed by atoms with Crippen molar-refractivity contribution >= 4 is 17.4 Å². The molecular formula is C24H26N2O5. The summed E-state index contributed by atoms with van der Waals surface area (Å²) in [5, 5.41) is 21.1. The Kier molecular flexibility index (Phi) is 5.69. The van der Waals surface area contributed by atoms with Crippen molar-refractivity contribution in [2.45, 2.75) is 18.9 Å². The van der Waals surface area contributed by atoms with E-state index in [1.807, 2.05) is 19.0 Å². The molecule has 0 saturated carbocycles. The van der Waals surface area contributed by atoms with E-state index in [4.69, 9.17) is 4.74 Å². The number of ether oxygens (including phenoxy) is 1. The van der Waals surface area contributed by atoms with Gasteiger partial charge >= 0.3 is 0 Å². The van der Waals surface area contributed by atoms with Gasteiger partial charge in [0.25, 0.3) is 11.7 Å². The maximum absolute atomic E-state index is 13.0. The van der Waals surface area contributed by atoms with Crippen LogP contribution in [0.3, 0.4) is 0 Å². The van der Waals surface area contributed by atoms with Crippen molar-refractivity contribution in [3.63, 3.8) is 0 Å². The Bertz CT molecular complexity index is 1060. The van der Waals surface area contributed by atoms with Crippen LogP contribution in [0.25, 0.3) is 5.76 Å². The summed E-state index contributed by atoms with van der Waals surface area (Å²) in [7, 11) is 3.89. The van der Waals surface area contributed by atoms with Gasteiger partial charge in [-0.25, -0.2) is 0 Å². The predicted molar refractivity (Wildman–Crippen MR) is 116 cm³/mol. The molecule has 1 fully saturated rings. The molecule has 1 unspecified atom stereocenters. The number of ketones is 1. The number of fused-ring (bicyclic) bond motifs is 1. The second-order valence-corrected chi connectivity index (χ2v) is 8.17. The number of phenols is 1. The van der Waals surface area contributed by atoms with E-state index in [1.54, 1.807) is 30.3 Å². The van der Waals surface area contributed by atoms with Gasteiger partial charge in [-0.15, -0.1) is 0 Å². The number of phenolic OH excluding ortho intramolecular Hbond substituents is 1. The molecule has 2 aliphatic rings. The first-order chi connectivity index (χ1) is 14.9. The number of aromatic hydroxyl groups is 1. The zero-order chi connectivity index (χ0) is 22.1. The Morgan fingerprint density at radius 2 is 2.00 bits per heavy atom. The smallest absolute Gasteiger partial charge is 0.295 e. The summed E-state index contributed by atoms with van der Waals surface area (Å²) in [5.74, 6) is -0.765. The van der Waals surface area contributed by atoms with Crippen LogP contribution in [0.15, 0.2) is 48.0 Å². The van der Waals surface area contributed by atoms with Crippen LogP contribution >= 0.6 is 0 Å². The Morgan fingerprint density at radius 1 is 1.19 bits per heavy atom. The molecule has 0 bridgehead atoms. The van der Waals surface area contributed by atoms with Gasteiger partial charge in [0, 0.05) is 18.5 Å². The number of hydrogen-bond donors (Lipinski definition) is 2. The summed E-state index contributed by atoms with van der Waals surface area (Å²) in [6, 6.07) is 11.0. The number of rotatable bonds is 6. The number of aliphatic hydroxyl groups excluding tert-OH is 1. The molecule has 1 amide bonds. The van der Waals surface area contributed by atoms with E-state index in [0.717, 1.165) is 24.3 Å². The highest BCUT2D eigenvalue weighted by Crippen LogP contribution is 2.41. The maximum atomic E-state index is 13.0. The second kappa shape index (κ2) is 8.43. The number of likely N-dealkylation sites (tertiary alicyclic amines) is 1. The lowest BCUT2D eigenvalue weighted by atomic mass is 9.94. The third kappa shape index (κ3) is 4.01. The summed E-state index contributed by atoms with van der Waals surface area (Å²) in [6.07, 6.45) is 1.40. The fourth-order valence-electron chi connectivity index (χ4n) is 4.20. The summed E-state index contributed by atoms with van der Waals surface area (Å²) < 4.78 is 5.52. The lowest BCUT2D eigenvalue weighted by Gasteiger charge is -2.26. The van der Waals surface area contributed by atoms with Gasteiger partial charge in [0.2, 0.25) is 0 Å². The Labute approximate surface area is 181 Å². The number of amides is 1. The lowest BCUT2D eigenvalue weighted by molar-refractivity contribution is -0.139. The summed E-state index contributed by atoms with van der Waals surface area (Å²) in [5.41, 5.74) is 2.05. The third-order valence-electron chi connectivity index (χ3n) is 5.69. The first-order valence-corrected chi connectivity index (χ1v) is 10.3. The standard InChI is InChI=1S/C24H26N2O5/c1-25(2)10-4-11-26-21(16-5-3-6-18(27)14-16)20(23(29)24(26)30)22(28)17-7-8-19-15(13-17)9-12-31-19/h3,5-8,13-14,21,27-28H,4,9-12H2,1-2H3/b22-20-. The minimum atomic E-state index is -0.765. The van der Waals surface area contributed by atoms with Crippen LogP contribution in [0.2, 0.25) is 0 Å². The first-order valence-electron chi connectivity index (χ1n) is 10.3. The maximum Gasteiger partial charge on any atom is 0.295 e. The van der Waals surface area contributed by atoms with Crippen molar-refractivity contribution in [2.75, 3.05) is 33.8 Å². The van der Waals surface area contributed by atoms with Crippen LogP contribution in [0.4, 0.5) is 0 Å². The van der Waals surface area contributed by atoms with Crippen molar-refractivity contribution in [1.82, 2.24) is 9.80 Å². The molecule has 162 valence electrons. The van der Waals surface area contributed by atoms with Gasteiger partial charge in [-0.1, -0.05) is 12.1 Å². The van der Waals surface area contributed by atoms with Gasteiger partial charge in [0.05, 0.1) is 18.2 Å². The number of aliphatic hydroxyl groups is 1. The molecule has 2 aromatic carbocycles. The van der Waals surface area contributed by atoms with Crippen molar-refractivity contribution < 1.29 is 24.5 Å². The molecule has 0 spiro atoms. The van der Waals surface area contributed by atoms with E-state index in [-0.39, 0.29) is 17.1 Å². The fraction of sp³-hybridized carbons (Fsp3) is 0.333. The summed E-state index contributed by atoms with van der Waals surface area (Å²) in [4.78, 5) is 29.4. The average molecular weight is 422 g/mol.